The van der Waals surface area contributed by atoms with Crippen molar-refractivity contribution in [1.29, 1.82) is 0 Å². The molecular formula is C20H24O3S. The summed E-state index contributed by atoms with van der Waals surface area (Å²) in [5.41, 5.74) is 5.08. The number of aliphatic hydroxyl groups is 2. The second kappa shape index (κ2) is 9.45. The predicted octanol–water partition coefficient (Wildman–Crippen LogP) is 4.88. The Labute approximate surface area is 147 Å². The molecule has 2 rings (SSSR count). The average Bonchev–Trinajstić information content (AvgIpc) is 3.10. The van der Waals surface area contributed by atoms with Gasteiger partial charge >= 0.3 is 0 Å². The van der Waals surface area contributed by atoms with Crippen LogP contribution < -0.4 is 0 Å². The first-order valence-electron chi connectivity index (χ1n) is 8.21. The molecule has 24 heavy (non-hydrogen) atoms. The van der Waals surface area contributed by atoms with Gasteiger partial charge in [-0.05, 0) is 47.2 Å². The third-order valence-electron chi connectivity index (χ3n) is 3.79. The van der Waals surface area contributed by atoms with E-state index in [0.717, 1.165) is 28.9 Å². The van der Waals surface area contributed by atoms with Crippen LogP contribution in [0.15, 0.2) is 59.2 Å². The molecule has 4 heteroatoms. The Hall–Kier alpha value is -1.84. The molecule has 0 amide bonds. The highest BCUT2D eigenvalue weighted by Crippen LogP contribution is 2.26. The second-order valence-corrected chi connectivity index (χ2v) is 6.76. The summed E-state index contributed by atoms with van der Waals surface area (Å²) >= 11 is 1.56. The summed E-state index contributed by atoms with van der Waals surface area (Å²) in [4.78, 5) is 0.967. The van der Waals surface area contributed by atoms with Gasteiger partial charge in [0.25, 0.3) is 0 Å². The van der Waals surface area contributed by atoms with Crippen LogP contribution in [0.3, 0.4) is 0 Å². The number of phenolic OH excluding ortho intramolecular Hbond substituents is 1. The van der Waals surface area contributed by atoms with Gasteiger partial charge in [-0.25, -0.2) is 0 Å². The Bertz CT molecular complexity index is 667. The van der Waals surface area contributed by atoms with Crippen LogP contribution in [0, 0.1) is 0 Å². The van der Waals surface area contributed by atoms with Gasteiger partial charge in [-0.1, -0.05) is 31.5 Å². The predicted molar refractivity (Wildman–Crippen MR) is 98.1 cm³/mol. The van der Waals surface area contributed by atoms with Gasteiger partial charge in [-0.2, -0.15) is 0 Å². The number of phenols is 1. The molecule has 1 aromatic carbocycles. The number of hydrogen-bond donors (Lipinski definition) is 3. The Morgan fingerprint density at radius 1 is 1.17 bits per heavy atom. The van der Waals surface area contributed by atoms with Gasteiger partial charge in [0.1, 0.15) is 5.75 Å². The number of hydrogen-bond acceptors (Lipinski definition) is 4. The number of rotatable bonds is 8. The fourth-order valence-electron chi connectivity index (χ4n) is 2.50. The topological polar surface area (TPSA) is 60.7 Å². The van der Waals surface area contributed by atoms with Crippen molar-refractivity contribution in [3.05, 3.63) is 69.6 Å². The number of aliphatic hydroxyl groups excluding tert-OH is 2. The van der Waals surface area contributed by atoms with Crippen molar-refractivity contribution in [2.75, 3.05) is 0 Å². The van der Waals surface area contributed by atoms with Gasteiger partial charge in [0.15, 0.2) is 0 Å². The van der Waals surface area contributed by atoms with E-state index in [1.54, 1.807) is 35.6 Å². The summed E-state index contributed by atoms with van der Waals surface area (Å²) in [6.07, 6.45) is 3.62. The molecule has 0 bridgehead atoms. The zero-order valence-corrected chi connectivity index (χ0v) is 14.7. The largest absolute Gasteiger partial charge is 0.508 e. The normalized spacial score (nSPS) is 13.1. The number of thiophene rings is 1. The second-order valence-electron chi connectivity index (χ2n) is 5.78. The van der Waals surface area contributed by atoms with Crippen LogP contribution in [0.25, 0.3) is 0 Å². The van der Waals surface area contributed by atoms with Crippen LogP contribution in [-0.4, -0.2) is 15.3 Å². The highest BCUT2D eigenvalue weighted by Gasteiger charge is 2.11. The van der Waals surface area contributed by atoms with Gasteiger partial charge < -0.3 is 15.3 Å². The monoisotopic (exact) mass is 344 g/mol. The lowest BCUT2D eigenvalue weighted by molar-refractivity contribution is 0.180. The Balaban J connectivity index is 2.00. The Morgan fingerprint density at radius 3 is 2.54 bits per heavy atom. The molecule has 2 atom stereocenters. The minimum Gasteiger partial charge on any atom is -0.508 e. The molecule has 0 fully saturated rings. The van der Waals surface area contributed by atoms with Crippen LogP contribution in [-0.2, 0) is 0 Å². The number of benzene rings is 1. The van der Waals surface area contributed by atoms with Crippen molar-refractivity contribution in [1.82, 2.24) is 0 Å². The lowest BCUT2D eigenvalue weighted by Gasteiger charge is -2.10. The van der Waals surface area contributed by atoms with E-state index in [-0.39, 0.29) is 5.75 Å². The standard InChI is InChI=1S/C20H24O3S/c1-2-5-15(14-19(23)20-8-4-13-24-20)6-3-7-18(22)16-9-11-17(21)12-10-16/h3-4,8-13,18-19,21-23H,2,5,7,14H2,1H3/t6?,18-,19-/m1/s1. The zero-order chi connectivity index (χ0) is 17.4. The lowest BCUT2D eigenvalue weighted by Crippen LogP contribution is -1.97. The van der Waals surface area contributed by atoms with Crippen LogP contribution in [0.1, 0.15) is 55.3 Å². The molecular weight excluding hydrogens is 320 g/mol. The lowest BCUT2D eigenvalue weighted by atomic mass is 10.0. The maximum Gasteiger partial charge on any atom is 0.115 e. The van der Waals surface area contributed by atoms with Crippen molar-refractivity contribution in [2.45, 2.75) is 44.8 Å². The van der Waals surface area contributed by atoms with Gasteiger partial charge in [0.2, 0.25) is 0 Å². The summed E-state index contributed by atoms with van der Waals surface area (Å²) in [7, 11) is 0. The average molecular weight is 344 g/mol. The molecule has 0 saturated heterocycles. The molecule has 3 nitrogen and oxygen atoms in total. The van der Waals surface area contributed by atoms with E-state index in [9.17, 15) is 15.3 Å². The van der Waals surface area contributed by atoms with E-state index in [0.29, 0.717) is 12.8 Å². The Morgan fingerprint density at radius 2 is 1.92 bits per heavy atom. The van der Waals surface area contributed by atoms with Gasteiger partial charge in [0.05, 0.1) is 12.2 Å². The van der Waals surface area contributed by atoms with E-state index < -0.39 is 12.2 Å². The highest BCUT2D eigenvalue weighted by molar-refractivity contribution is 7.10. The molecule has 0 spiro atoms. The minimum absolute atomic E-state index is 0.189. The quantitative estimate of drug-likeness (QED) is 0.598. The van der Waals surface area contributed by atoms with Crippen LogP contribution >= 0.6 is 11.3 Å². The molecule has 0 aliphatic rings. The third-order valence-corrected chi connectivity index (χ3v) is 4.76. The minimum atomic E-state index is -0.622. The van der Waals surface area contributed by atoms with E-state index in [1.165, 1.54) is 0 Å². The van der Waals surface area contributed by atoms with E-state index in [4.69, 9.17) is 0 Å². The molecule has 128 valence electrons. The third kappa shape index (κ3) is 5.66. The molecule has 0 aliphatic carbocycles. The summed E-state index contributed by atoms with van der Waals surface area (Å²) in [5, 5.41) is 31.7. The molecule has 0 saturated carbocycles. The van der Waals surface area contributed by atoms with Crippen LogP contribution in [0.2, 0.25) is 0 Å². The van der Waals surface area contributed by atoms with Gasteiger partial charge in [-0.15, -0.1) is 17.1 Å². The first-order chi connectivity index (χ1) is 11.6. The smallest absolute Gasteiger partial charge is 0.115 e. The van der Waals surface area contributed by atoms with Crippen molar-refractivity contribution in [3.8, 4) is 5.75 Å². The molecule has 3 N–H and O–H groups in total. The van der Waals surface area contributed by atoms with Crippen molar-refractivity contribution in [3.63, 3.8) is 0 Å². The van der Waals surface area contributed by atoms with Crippen molar-refractivity contribution >= 4 is 11.3 Å². The molecule has 0 unspecified atom stereocenters. The van der Waals surface area contributed by atoms with E-state index in [2.05, 4.69) is 12.7 Å². The van der Waals surface area contributed by atoms with Crippen molar-refractivity contribution < 1.29 is 15.3 Å². The zero-order valence-electron chi connectivity index (χ0n) is 13.9. The SMILES string of the molecule is CCCC(=C=CC[C@@H](O)c1ccc(O)cc1)C[C@@H](O)c1cccs1. The molecule has 2 aromatic rings. The summed E-state index contributed by atoms with van der Waals surface area (Å²) in [6.45, 7) is 2.10. The fraction of sp³-hybridized carbons (Fsp3) is 0.350. The first-order valence-corrected chi connectivity index (χ1v) is 9.09. The molecule has 1 aromatic heterocycles. The van der Waals surface area contributed by atoms with Crippen molar-refractivity contribution in [2.24, 2.45) is 0 Å². The van der Waals surface area contributed by atoms with Crippen LogP contribution in [0.5, 0.6) is 5.75 Å². The Kier molecular flexibility index (Phi) is 7.29. The van der Waals surface area contributed by atoms with Gasteiger partial charge in [0, 0.05) is 17.7 Å². The summed E-state index contributed by atoms with van der Waals surface area (Å²) < 4.78 is 0. The number of aromatic hydroxyl groups is 1. The summed E-state index contributed by atoms with van der Waals surface area (Å²) in [5.74, 6) is 0.189. The molecule has 1 heterocycles. The van der Waals surface area contributed by atoms with E-state index >= 15 is 0 Å². The maximum atomic E-state index is 10.3. The summed E-state index contributed by atoms with van der Waals surface area (Å²) in [6, 6.07) is 10.4. The highest BCUT2D eigenvalue weighted by atomic mass is 32.1. The van der Waals surface area contributed by atoms with Crippen LogP contribution in [0.4, 0.5) is 0 Å². The molecule has 0 aliphatic heterocycles. The van der Waals surface area contributed by atoms with Gasteiger partial charge in [-0.3, -0.25) is 0 Å². The molecule has 0 radical (unpaired) electrons. The maximum absolute atomic E-state index is 10.3. The van der Waals surface area contributed by atoms with E-state index in [1.807, 2.05) is 23.6 Å². The first kappa shape index (κ1) is 18.5. The fourth-order valence-corrected chi connectivity index (χ4v) is 3.21.